The highest BCUT2D eigenvalue weighted by molar-refractivity contribution is 5.94. The molecule has 2 atom stereocenters. The van der Waals surface area contributed by atoms with Gasteiger partial charge in [-0.15, -0.1) is 0 Å². The summed E-state index contributed by atoms with van der Waals surface area (Å²) in [6.45, 7) is 8.28. The van der Waals surface area contributed by atoms with Crippen LogP contribution in [-0.4, -0.2) is 72.4 Å². The second-order valence-corrected chi connectivity index (χ2v) is 8.57. The van der Waals surface area contributed by atoms with Crippen molar-refractivity contribution in [2.75, 3.05) is 39.3 Å². The molecule has 1 N–H and O–H groups in total. The van der Waals surface area contributed by atoms with Crippen LogP contribution in [0, 0.1) is 5.92 Å². The highest BCUT2D eigenvalue weighted by Gasteiger charge is 2.27. The number of aliphatic hydroxyl groups excluding tert-OH is 1. The van der Waals surface area contributed by atoms with E-state index in [1.54, 1.807) is 0 Å². The van der Waals surface area contributed by atoms with E-state index in [0.717, 1.165) is 18.7 Å². The lowest BCUT2D eigenvalue weighted by Crippen LogP contribution is -2.51. The third-order valence-corrected chi connectivity index (χ3v) is 5.32. The SMILES string of the molecule is CC(C)CN(C[C@H]1CN(C[C@H](O)Cc2ccccc2)CCO1)C(=O)c1ccccc1. The van der Waals surface area contributed by atoms with Gasteiger partial charge < -0.3 is 14.7 Å². The van der Waals surface area contributed by atoms with Crippen LogP contribution in [0.25, 0.3) is 0 Å². The molecule has 30 heavy (non-hydrogen) atoms. The number of hydrogen-bond acceptors (Lipinski definition) is 4. The lowest BCUT2D eigenvalue weighted by Gasteiger charge is -2.37. The Morgan fingerprint density at radius 1 is 1.13 bits per heavy atom. The second kappa shape index (κ2) is 11.3. The Morgan fingerprint density at radius 3 is 2.47 bits per heavy atom. The maximum atomic E-state index is 13.0. The average Bonchev–Trinajstić information content (AvgIpc) is 2.74. The normalized spacial score (nSPS) is 18.3. The molecule has 0 unspecified atom stereocenters. The van der Waals surface area contributed by atoms with E-state index in [1.807, 2.05) is 65.6 Å². The molecule has 162 valence electrons. The molecule has 5 nitrogen and oxygen atoms in total. The van der Waals surface area contributed by atoms with E-state index in [0.29, 0.717) is 44.1 Å². The number of benzene rings is 2. The van der Waals surface area contributed by atoms with Crippen molar-refractivity contribution in [1.82, 2.24) is 9.80 Å². The van der Waals surface area contributed by atoms with Gasteiger partial charge in [-0.05, 0) is 30.0 Å². The molecule has 2 aromatic carbocycles. The maximum absolute atomic E-state index is 13.0. The summed E-state index contributed by atoms with van der Waals surface area (Å²) >= 11 is 0. The van der Waals surface area contributed by atoms with E-state index >= 15 is 0 Å². The molecule has 1 aliphatic heterocycles. The van der Waals surface area contributed by atoms with Crippen molar-refractivity contribution in [3.63, 3.8) is 0 Å². The van der Waals surface area contributed by atoms with E-state index in [2.05, 4.69) is 18.7 Å². The predicted octanol–water partition coefficient (Wildman–Crippen LogP) is 3.09. The van der Waals surface area contributed by atoms with E-state index < -0.39 is 6.10 Å². The number of hydrogen-bond donors (Lipinski definition) is 1. The number of carbonyl (C=O) groups is 1. The summed E-state index contributed by atoms with van der Waals surface area (Å²) in [6, 6.07) is 19.5. The fourth-order valence-corrected chi connectivity index (χ4v) is 4.00. The lowest BCUT2D eigenvalue weighted by atomic mass is 10.1. The van der Waals surface area contributed by atoms with Crippen molar-refractivity contribution < 1.29 is 14.6 Å². The van der Waals surface area contributed by atoms with Crippen molar-refractivity contribution in [3.8, 4) is 0 Å². The van der Waals surface area contributed by atoms with Crippen LogP contribution < -0.4 is 0 Å². The Kier molecular flexibility index (Phi) is 8.43. The largest absolute Gasteiger partial charge is 0.391 e. The molecule has 0 radical (unpaired) electrons. The van der Waals surface area contributed by atoms with Crippen LogP contribution in [0.5, 0.6) is 0 Å². The zero-order valence-electron chi connectivity index (χ0n) is 18.1. The van der Waals surface area contributed by atoms with Crippen LogP contribution in [0.1, 0.15) is 29.8 Å². The number of nitrogens with zero attached hydrogens (tertiary/aromatic N) is 2. The van der Waals surface area contributed by atoms with Gasteiger partial charge in [-0.25, -0.2) is 0 Å². The summed E-state index contributed by atoms with van der Waals surface area (Å²) < 4.78 is 5.99. The topological polar surface area (TPSA) is 53.0 Å². The van der Waals surface area contributed by atoms with Crippen molar-refractivity contribution in [2.24, 2.45) is 5.92 Å². The van der Waals surface area contributed by atoms with Gasteiger partial charge in [-0.2, -0.15) is 0 Å². The highest BCUT2D eigenvalue weighted by atomic mass is 16.5. The second-order valence-electron chi connectivity index (χ2n) is 8.57. The first-order valence-electron chi connectivity index (χ1n) is 10.9. The summed E-state index contributed by atoms with van der Waals surface area (Å²) in [6.07, 6.45) is 0.187. The van der Waals surface area contributed by atoms with Gasteiger partial charge in [0.15, 0.2) is 0 Å². The predicted molar refractivity (Wildman–Crippen MR) is 120 cm³/mol. The number of amides is 1. The van der Waals surface area contributed by atoms with Crippen LogP contribution in [-0.2, 0) is 11.2 Å². The Morgan fingerprint density at radius 2 is 1.80 bits per heavy atom. The summed E-state index contributed by atoms with van der Waals surface area (Å²) in [7, 11) is 0. The molecule has 0 spiro atoms. The minimum atomic E-state index is -0.413. The molecular weight excluding hydrogens is 376 g/mol. The number of β-amino-alcohol motifs (C(OH)–C–C–N with tert-alkyl or cyclic N) is 1. The fraction of sp³-hybridized carbons (Fsp3) is 0.480. The van der Waals surface area contributed by atoms with Crippen molar-refractivity contribution in [1.29, 1.82) is 0 Å². The van der Waals surface area contributed by atoms with Crippen LogP contribution in [0.2, 0.25) is 0 Å². The minimum Gasteiger partial charge on any atom is -0.391 e. The summed E-state index contributed by atoms with van der Waals surface area (Å²) in [5.74, 6) is 0.430. The third-order valence-electron chi connectivity index (χ3n) is 5.32. The number of aliphatic hydroxyl groups is 1. The van der Waals surface area contributed by atoms with Gasteiger partial charge in [0.1, 0.15) is 0 Å². The van der Waals surface area contributed by atoms with E-state index in [9.17, 15) is 9.90 Å². The lowest BCUT2D eigenvalue weighted by molar-refractivity contribution is -0.0510. The first-order valence-corrected chi connectivity index (χ1v) is 10.9. The quantitative estimate of drug-likeness (QED) is 0.690. The Labute approximate surface area is 180 Å². The van der Waals surface area contributed by atoms with Crippen LogP contribution >= 0.6 is 0 Å². The van der Waals surface area contributed by atoms with Crippen LogP contribution in [0.3, 0.4) is 0 Å². The molecule has 3 rings (SSSR count). The zero-order valence-corrected chi connectivity index (χ0v) is 18.1. The van der Waals surface area contributed by atoms with Crippen LogP contribution in [0.4, 0.5) is 0 Å². The molecule has 0 bridgehead atoms. The van der Waals surface area contributed by atoms with Crippen molar-refractivity contribution in [2.45, 2.75) is 32.5 Å². The average molecular weight is 411 g/mol. The number of carbonyl (C=O) groups excluding carboxylic acids is 1. The molecule has 0 aromatic heterocycles. The molecule has 5 heteroatoms. The van der Waals surface area contributed by atoms with E-state index in [4.69, 9.17) is 4.74 Å². The third kappa shape index (κ3) is 6.94. The Balaban J connectivity index is 1.56. The Bertz CT molecular complexity index is 766. The minimum absolute atomic E-state index is 0.0471. The molecule has 1 saturated heterocycles. The zero-order chi connectivity index (χ0) is 21.3. The standard InChI is InChI=1S/C25H34N2O3/c1-20(2)16-27(25(29)22-11-7-4-8-12-22)19-24-18-26(13-14-30-24)17-23(28)15-21-9-5-3-6-10-21/h3-12,20,23-24,28H,13-19H2,1-2H3/t23-,24-/m1/s1. The summed E-state index contributed by atoms with van der Waals surface area (Å²) in [5.41, 5.74) is 1.86. The van der Waals surface area contributed by atoms with Gasteiger partial charge in [-0.3, -0.25) is 9.69 Å². The molecule has 1 heterocycles. The van der Waals surface area contributed by atoms with Gasteiger partial charge in [0.05, 0.1) is 18.8 Å². The first-order chi connectivity index (χ1) is 14.5. The molecule has 1 aliphatic rings. The monoisotopic (exact) mass is 410 g/mol. The van der Waals surface area contributed by atoms with Crippen LogP contribution in [0.15, 0.2) is 60.7 Å². The van der Waals surface area contributed by atoms with Crippen molar-refractivity contribution >= 4 is 5.91 Å². The van der Waals surface area contributed by atoms with Gasteiger partial charge in [0.25, 0.3) is 5.91 Å². The van der Waals surface area contributed by atoms with Gasteiger partial charge >= 0.3 is 0 Å². The summed E-state index contributed by atoms with van der Waals surface area (Å²) in [4.78, 5) is 17.2. The molecule has 1 fully saturated rings. The first kappa shape index (κ1) is 22.5. The van der Waals surface area contributed by atoms with Crippen molar-refractivity contribution in [3.05, 3.63) is 71.8 Å². The van der Waals surface area contributed by atoms with E-state index in [1.165, 1.54) is 0 Å². The molecule has 0 aliphatic carbocycles. The van der Waals surface area contributed by atoms with Gasteiger partial charge in [-0.1, -0.05) is 62.4 Å². The van der Waals surface area contributed by atoms with Gasteiger partial charge in [0.2, 0.25) is 0 Å². The highest BCUT2D eigenvalue weighted by Crippen LogP contribution is 2.14. The maximum Gasteiger partial charge on any atom is 0.253 e. The van der Waals surface area contributed by atoms with E-state index in [-0.39, 0.29) is 12.0 Å². The number of rotatable bonds is 9. The number of morpholine rings is 1. The Hall–Kier alpha value is -2.21. The molecular formula is C25H34N2O3. The van der Waals surface area contributed by atoms with Gasteiger partial charge in [0, 0.05) is 38.3 Å². The molecule has 2 aromatic rings. The smallest absolute Gasteiger partial charge is 0.253 e. The fourth-order valence-electron chi connectivity index (χ4n) is 4.00. The molecule has 0 saturated carbocycles. The number of ether oxygens (including phenoxy) is 1. The summed E-state index contributed by atoms with van der Waals surface area (Å²) in [5, 5.41) is 10.5. The molecule has 1 amide bonds.